The van der Waals surface area contributed by atoms with Crippen molar-refractivity contribution in [2.45, 2.75) is 302 Å². The highest BCUT2D eigenvalue weighted by molar-refractivity contribution is 5.77. The summed E-state index contributed by atoms with van der Waals surface area (Å²) in [5, 5.41) is 23.8. The predicted octanol–water partition coefficient (Wildman–Crippen LogP) is 16.5. The van der Waals surface area contributed by atoms with Gasteiger partial charge in [0.05, 0.1) is 25.2 Å². The second kappa shape index (κ2) is 50.1. The van der Waals surface area contributed by atoms with E-state index in [1.54, 1.807) is 0 Å². The maximum atomic E-state index is 13.2. The maximum absolute atomic E-state index is 13.2. The van der Waals surface area contributed by atoms with Gasteiger partial charge in [0.2, 0.25) is 5.91 Å². The first kappa shape index (κ1) is 60.1. The molecule has 0 aliphatic rings. The molecule has 364 valence electrons. The molecule has 3 atom stereocenters. The third-order valence-corrected chi connectivity index (χ3v) is 12.5. The van der Waals surface area contributed by atoms with Crippen LogP contribution in [0.5, 0.6) is 0 Å². The van der Waals surface area contributed by atoms with Crippen LogP contribution >= 0.6 is 0 Å². The van der Waals surface area contributed by atoms with E-state index in [0.29, 0.717) is 19.3 Å². The number of rotatable bonds is 49. The summed E-state index contributed by atoms with van der Waals surface area (Å²) < 4.78 is 5.93. The zero-order chi connectivity index (χ0) is 45.2. The molecule has 0 aromatic rings. The highest BCUT2D eigenvalue weighted by Crippen LogP contribution is 2.17. The highest BCUT2D eigenvalue weighted by Gasteiger charge is 2.24. The van der Waals surface area contributed by atoms with E-state index in [0.717, 1.165) is 77.0 Å². The number of unbranched alkanes of at least 4 members (excludes halogenated alkanes) is 32. The molecule has 0 bridgehead atoms. The number of aliphatic hydroxyl groups excluding tert-OH is 2. The van der Waals surface area contributed by atoms with E-state index < -0.39 is 18.2 Å². The first-order chi connectivity index (χ1) is 30.5. The molecule has 0 aromatic heterocycles. The van der Waals surface area contributed by atoms with Crippen molar-refractivity contribution < 1.29 is 24.5 Å². The minimum atomic E-state index is -0.795. The minimum Gasteiger partial charge on any atom is -0.462 e. The molecule has 0 fully saturated rings. The van der Waals surface area contributed by atoms with Crippen molar-refractivity contribution in [3.05, 3.63) is 36.5 Å². The summed E-state index contributed by atoms with van der Waals surface area (Å²) >= 11 is 0. The lowest BCUT2D eigenvalue weighted by Crippen LogP contribution is -2.46. The summed E-state index contributed by atoms with van der Waals surface area (Å²) in [6.07, 6.45) is 59.2. The fourth-order valence-corrected chi connectivity index (χ4v) is 8.30. The van der Waals surface area contributed by atoms with Gasteiger partial charge in [-0.25, -0.2) is 0 Å². The fourth-order valence-electron chi connectivity index (χ4n) is 8.30. The van der Waals surface area contributed by atoms with Crippen molar-refractivity contribution in [3.63, 3.8) is 0 Å². The number of aliphatic hydroxyl groups is 2. The molecule has 0 heterocycles. The standard InChI is InChI=1S/C56H105NO5/c1-4-7-10-13-16-19-22-25-27-28-30-32-35-38-41-44-47-52(62-56(61)49-46-43-40-37-34-31-26-23-20-17-14-11-8-5-2)50-55(60)57-53(51-58)54(59)48-45-42-39-36-33-29-24-21-18-15-12-9-6-3/h27-28,30-32,34,52-54,58-59H,4-26,29,33,35-51H2,1-3H3,(H,57,60)/b28-27+,32-30+,34-31-. The van der Waals surface area contributed by atoms with Crippen molar-refractivity contribution in [1.29, 1.82) is 0 Å². The molecule has 1 amide bonds. The first-order valence-corrected chi connectivity index (χ1v) is 27.2. The molecule has 0 saturated heterocycles. The topological polar surface area (TPSA) is 95.9 Å². The largest absolute Gasteiger partial charge is 0.462 e. The van der Waals surface area contributed by atoms with Gasteiger partial charge in [0.1, 0.15) is 6.10 Å². The number of amides is 1. The monoisotopic (exact) mass is 872 g/mol. The van der Waals surface area contributed by atoms with Crippen molar-refractivity contribution >= 4 is 11.9 Å². The van der Waals surface area contributed by atoms with Gasteiger partial charge in [0.25, 0.3) is 0 Å². The number of carbonyl (C=O) groups is 2. The van der Waals surface area contributed by atoms with Crippen LogP contribution in [0.25, 0.3) is 0 Å². The second-order valence-corrected chi connectivity index (χ2v) is 18.7. The summed E-state index contributed by atoms with van der Waals surface area (Å²) in [6, 6.07) is -0.711. The average Bonchev–Trinajstić information content (AvgIpc) is 3.26. The van der Waals surface area contributed by atoms with E-state index in [2.05, 4.69) is 62.5 Å². The smallest absolute Gasteiger partial charge is 0.306 e. The van der Waals surface area contributed by atoms with Crippen molar-refractivity contribution in [2.75, 3.05) is 6.61 Å². The van der Waals surface area contributed by atoms with Crippen LogP contribution in [0.1, 0.15) is 284 Å². The van der Waals surface area contributed by atoms with E-state index in [9.17, 15) is 19.8 Å². The lowest BCUT2D eigenvalue weighted by Gasteiger charge is -2.24. The quantitative estimate of drug-likeness (QED) is 0.0245. The Bertz CT molecular complexity index is 1020. The van der Waals surface area contributed by atoms with E-state index in [1.807, 2.05) is 0 Å². The summed E-state index contributed by atoms with van der Waals surface area (Å²) in [5.74, 6) is -0.509. The van der Waals surface area contributed by atoms with Crippen molar-refractivity contribution in [3.8, 4) is 0 Å². The number of nitrogens with one attached hydrogen (secondary N) is 1. The number of ether oxygens (including phenoxy) is 1. The van der Waals surface area contributed by atoms with E-state index in [1.165, 1.54) is 161 Å². The average molecular weight is 872 g/mol. The molecule has 3 unspecified atom stereocenters. The fraction of sp³-hybridized carbons (Fsp3) is 0.857. The first-order valence-electron chi connectivity index (χ1n) is 27.2. The molecule has 0 aliphatic carbocycles. The molecule has 3 N–H and O–H groups in total. The van der Waals surface area contributed by atoms with Crippen molar-refractivity contribution in [1.82, 2.24) is 5.32 Å². The number of esters is 1. The highest BCUT2D eigenvalue weighted by atomic mass is 16.5. The van der Waals surface area contributed by atoms with E-state index >= 15 is 0 Å². The Morgan fingerprint density at radius 1 is 0.468 bits per heavy atom. The second-order valence-electron chi connectivity index (χ2n) is 18.7. The Morgan fingerprint density at radius 2 is 0.823 bits per heavy atom. The zero-order valence-electron chi connectivity index (χ0n) is 41.5. The third kappa shape index (κ3) is 44.7. The van der Waals surface area contributed by atoms with Crippen LogP contribution in [0.3, 0.4) is 0 Å². The Hall–Kier alpha value is -1.92. The zero-order valence-corrected chi connectivity index (χ0v) is 41.5. The molecule has 0 aliphatic heterocycles. The lowest BCUT2D eigenvalue weighted by atomic mass is 10.0. The minimum absolute atomic E-state index is 0.0562. The summed E-state index contributed by atoms with van der Waals surface area (Å²) in [7, 11) is 0. The van der Waals surface area contributed by atoms with Gasteiger partial charge < -0.3 is 20.3 Å². The number of hydrogen-bond donors (Lipinski definition) is 3. The SMILES string of the molecule is CCCCCCCCC/C=C\CCCCCC(=O)OC(CCCCC/C=C/C=C/CCCCCCCCC)CC(=O)NC(CO)C(O)CCCCCCCCCCCCCCC. The van der Waals surface area contributed by atoms with Crippen LogP contribution < -0.4 is 5.32 Å². The molecular formula is C56H105NO5. The molecule has 0 rings (SSSR count). The molecule has 6 heteroatoms. The molecular weight excluding hydrogens is 767 g/mol. The molecule has 0 aromatic carbocycles. The van der Waals surface area contributed by atoms with Crippen LogP contribution in [-0.4, -0.2) is 46.9 Å². The van der Waals surface area contributed by atoms with E-state index in [-0.39, 0.29) is 24.9 Å². The van der Waals surface area contributed by atoms with Gasteiger partial charge in [-0.05, 0) is 77.0 Å². The normalized spacial score (nSPS) is 13.4. The Balaban J connectivity index is 4.63. The van der Waals surface area contributed by atoms with Gasteiger partial charge in [-0.3, -0.25) is 9.59 Å². The van der Waals surface area contributed by atoms with Gasteiger partial charge in [0.15, 0.2) is 0 Å². The molecule has 62 heavy (non-hydrogen) atoms. The van der Waals surface area contributed by atoms with Gasteiger partial charge in [-0.2, -0.15) is 0 Å². The molecule has 0 radical (unpaired) electrons. The van der Waals surface area contributed by atoms with Gasteiger partial charge in [-0.1, -0.05) is 231 Å². The summed E-state index contributed by atoms with van der Waals surface area (Å²) in [4.78, 5) is 26.2. The Labute approximate surface area is 385 Å². The van der Waals surface area contributed by atoms with Crippen molar-refractivity contribution in [2.24, 2.45) is 0 Å². The number of carbonyl (C=O) groups excluding carboxylic acids is 2. The van der Waals surface area contributed by atoms with Crippen LogP contribution in [0.4, 0.5) is 0 Å². The third-order valence-electron chi connectivity index (χ3n) is 12.5. The molecule has 6 nitrogen and oxygen atoms in total. The predicted molar refractivity (Wildman–Crippen MR) is 269 cm³/mol. The van der Waals surface area contributed by atoms with Crippen LogP contribution in [0.15, 0.2) is 36.5 Å². The van der Waals surface area contributed by atoms with Gasteiger partial charge >= 0.3 is 5.97 Å². The summed E-state index contributed by atoms with van der Waals surface area (Å²) in [5.41, 5.74) is 0. The Kier molecular flexibility index (Phi) is 48.5. The van der Waals surface area contributed by atoms with Crippen LogP contribution in [0, 0.1) is 0 Å². The maximum Gasteiger partial charge on any atom is 0.306 e. The molecule has 0 saturated carbocycles. The number of allylic oxidation sites excluding steroid dienone is 6. The Morgan fingerprint density at radius 3 is 1.26 bits per heavy atom. The number of hydrogen-bond acceptors (Lipinski definition) is 5. The lowest BCUT2D eigenvalue weighted by molar-refractivity contribution is -0.151. The van der Waals surface area contributed by atoms with Crippen LogP contribution in [0.2, 0.25) is 0 Å². The van der Waals surface area contributed by atoms with E-state index in [4.69, 9.17) is 4.74 Å². The molecule has 0 spiro atoms. The van der Waals surface area contributed by atoms with Gasteiger partial charge in [0, 0.05) is 6.42 Å². The summed E-state index contributed by atoms with van der Waals surface area (Å²) in [6.45, 7) is 6.48. The van der Waals surface area contributed by atoms with Gasteiger partial charge in [-0.15, -0.1) is 0 Å². The van der Waals surface area contributed by atoms with Crippen LogP contribution in [-0.2, 0) is 14.3 Å².